The Morgan fingerprint density at radius 1 is 1.41 bits per heavy atom. The van der Waals surface area contributed by atoms with E-state index in [1.54, 1.807) is 18.2 Å². The van der Waals surface area contributed by atoms with Crippen molar-refractivity contribution in [1.29, 1.82) is 5.26 Å². The highest BCUT2D eigenvalue weighted by atomic mass is 35.5. The topological polar surface area (TPSA) is 78.2 Å². The number of benzene rings is 1. The molecular formula is C15H13ClFN3O2. The fraction of sp³-hybridized carbons (Fsp3) is 0.200. The first-order chi connectivity index (χ1) is 10.6. The van der Waals surface area contributed by atoms with E-state index in [2.05, 4.69) is 10.3 Å². The Bertz CT molecular complexity index is 691. The highest BCUT2D eigenvalue weighted by molar-refractivity contribution is 6.31. The molecule has 7 heteroatoms. The monoisotopic (exact) mass is 321 g/mol. The summed E-state index contributed by atoms with van der Waals surface area (Å²) in [5.74, 6) is 0.362. The van der Waals surface area contributed by atoms with E-state index in [1.807, 2.05) is 6.07 Å². The second-order valence-corrected chi connectivity index (χ2v) is 4.85. The molecule has 22 heavy (non-hydrogen) atoms. The summed E-state index contributed by atoms with van der Waals surface area (Å²) in [5.41, 5.74) is 0.108. The third-order valence-corrected chi connectivity index (χ3v) is 3.01. The minimum absolute atomic E-state index is 0.00481. The lowest BCUT2D eigenvalue weighted by Gasteiger charge is -2.13. The molecule has 0 amide bonds. The molecule has 1 unspecified atom stereocenters. The molecule has 0 spiro atoms. The quantitative estimate of drug-likeness (QED) is 0.855. The van der Waals surface area contributed by atoms with Gasteiger partial charge >= 0.3 is 0 Å². The van der Waals surface area contributed by atoms with Gasteiger partial charge in [-0.2, -0.15) is 5.26 Å². The molecule has 2 aromatic rings. The Morgan fingerprint density at radius 2 is 2.23 bits per heavy atom. The molecule has 0 fully saturated rings. The van der Waals surface area contributed by atoms with Gasteiger partial charge < -0.3 is 15.2 Å². The Kier molecular flexibility index (Phi) is 5.53. The zero-order valence-corrected chi connectivity index (χ0v) is 12.2. The lowest BCUT2D eigenvalue weighted by Crippen LogP contribution is -2.26. The summed E-state index contributed by atoms with van der Waals surface area (Å²) >= 11 is 5.78. The third kappa shape index (κ3) is 4.58. The second-order valence-electron chi connectivity index (χ2n) is 4.44. The fourth-order valence-electron chi connectivity index (χ4n) is 1.65. The van der Waals surface area contributed by atoms with Crippen molar-refractivity contribution in [2.75, 3.05) is 18.5 Å². The van der Waals surface area contributed by atoms with Crippen LogP contribution < -0.4 is 10.1 Å². The van der Waals surface area contributed by atoms with Gasteiger partial charge in [0.25, 0.3) is 0 Å². The Balaban J connectivity index is 1.83. The minimum Gasteiger partial charge on any atom is -0.491 e. The van der Waals surface area contributed by atoms with Crippen molar-refractivity contribution in [1.82, 2.24) is 4.98 Å². The van der Waals surface area contributed by atoms with E-state index in [4.69, 9.17) is 21.6 Å². The van der Waals surface area contributed by atoms with E-state index in [-0.39, 0.29) is 23.9 Å². The van der Waals surface area contributed by atoms with Crippen LogP contribution in [0.4, 0.5) is 10.2 Å². The summed E-state index contributed by atoms with van der Waals surface area (Å²) in [6, 6.07) is 10.7. The van der Waals surface area contributed by atoms with E-state index in [0.717, 1.165) is 0 Å². The zero-order chi connectivity index (χ0) is 15.9. The van der Waals surface area contributed by atoms with Crippen LogP contribution in [-0.2, 0) is 0 Å². The smallest absolute Gasteiger partial charge is 0.161 e. The number of nitrogens with zero attached hydrogens (tertiary/aromatic N) is 2. The van der Waals surface area contributed by atoms with E-state index in [9.17, 15) is 9.50 Å². The molecule has 0 radical (unpaired) electrons. The average Bonchev–Trinajstić information content (AvgIpc) is 2.52. The van der Waals surface area contributed by atoms with Crippen molar-refractivity contribution in [2.45, 2.75) is 6.10 Å². The second kappa shape index (κ2) is 7.59. The van der Waals surface area contributed by atoms with Crippen LogP contribution in [0.2, 0.25) is 5.02 Å². The standard InChI is InChI=1S/C15H13ClFN3O2/c16-13-4-5-15(20-14(13)7-18)19-8-11(21)9-22-12-3-1-2-10(17)6-12/h1-6,11,21H,8-9H2,(H,19,20). The van der Waals surface area contributed by atoms with Gasteiger partial charge in [-0.15, -0.1) is 0 Å². The molecule has 0 saturated heterocycles. The predicted octanol–water partition coefficient (Wildman–Crippen LogP) is 2.60. The number of pyridine rings is 1. The largest absolute Gasteiger partial charge is 0.491 e. The number of anilines is 1. The fourth-order valence-corrected chi connectivity index (χ4v) is 1.80. The van der Waals surface area contributed by atoms with Gasteiger partial charge in [0.1, 0.15) is 36.2 Å². The van der Waals surface area contributed by atoms with Crippen molar-refractivity contribution in [2.24, 2.45) is 0 Å². The van der Waals surface area contributed by atoms with Crippen molar-refractivity contribution >= 4 is 17.4 Å². The summed E-state index contributed by atoms with van der Waals surface area (Å²) in [7, 11) is 0. The molecule has 5 nitrogen and oxygen atoms in total. The third-order valence-electron chi connectivity index (χ3n) is 2.71. The van der Waals surface area contributed by atoms with Crippen LogP contribution in [0, 0.1) is 17.1 Å². The van der Waals surface area contributed by atoms with Crippen LogP contribution in [0.15, 0.2) is 36.4 Å². The lowest BCUT2D eigenvalue weighted by molar-refractivity contribution is 0.117. The number of nitriles is 1. The number of halogens is 2. The van der Waals surface area contributed by atoms with Crippen LogP contribution in [0.5, 0.6) is 5.75 Å². The number of rotatable bonds is 6. The minimum atomic E-state index is -0.828. The maximum atomic E-state index is 13.0. The summed E-state index contributed by atoms with van der Waals surface area (Å²) in [6.07, 6.45) is -0.828. The van der Waals surface area contributed by atoms with Gasteiger partial charge in [0.2, 0.25) is 0 Å². The lowest BCUT2D eigenvalue weighted by atomic mass is 10.3. The molecule has 114 valence electrons. The highest BCUT2D eigenvalue weighted by Crippen LogP contribution is 2.16. The summed E-state index contributed by atoms with van der Waals surface area (Å²) < 4.78 is 18.2. The Morgan fingerprint density at radius 3 is 2.95 bits per heavy atom. The summed E-state index contributed by atoms with van der Waals surface area (Å²) in [4.78, 5) is 3.99. The van der Waals surface area contributed by atoms with Gasteiger partial charge in [-0.05, 0) is 24.3 Å². The number of ether oxygens (including phenoxy) is 1. The van der Waals surface area contributed by atoms with Crippen molar-refractivity contribution in [3.05, 3.63) is 52.9 Å². The summed E-state index contributed by atoms with van der Waals surface area (Å²) in [6.45, 7) is 0.157. The first kappa shape index (κ1) is 16.0. The van der Waals surface area contributed by atoms with Gasteiger partial charge in [-0.25, -0.2) is 9.37 Å². The normalized spacial score (nSPS) is 11.5. The number of aliphatic hydroxyl groups is 1. The molecule has 2 N–H and O–H groups in total. The van der Waals surface area contributed by atoms with Crippen LogP contribution in [0.3, 0.4) is 0 Å². The van der Waals surface area contributed by atoms with E-state index in [1.165, 1.54) is 18.2 Å². The Hall–Kier alpha value is -2.36. The molecule has 1 atom stereocenters. The number of hydrogen-bond donors (Lipinski definition) is 2. The average molecular weight is 322 g/mol. The molecule has 0 aliphatic heterocycles. The first-order valence-corrected chi connectivity index (χ1v) is 6.83. The number of aromatic nitrogens is 1. The van der Waals surface area contributed by atoms with Gasteiger partial charge in [0.15, 0.2) is 5.69 Å². The summed E-state index contributed by atoms with van der Waals surface area (Å²) in [5, 5.41) is 21.8. The zero-order valence-electron chi connectivity index (χ0n) is 11.5. The molecule has 0 aliphatic carbocycles. The van der Waals surface area contributed by atoms with E-state index >= 15 is 0 Å². The van der Waals surface area contributed by atoms with Crippen molar-refractivity contribution < 1.29 is 14.2 Å². The molecule has 2 rings (SSSR count). The maximum Gasteiger partial charge on any atom is 0.161 e. The van der Waals surface area contributed by atoms with Gasteiger partial charge in [-0.3, -0.25) is 0 Å². The first-order valence-electron chi connectivity index (χ1n) is 6.45. The molecular weight excluding hydrogens is 309 g/mol. The van der Waals surface area contributed by atoms with Crippen molar-refractivity contribution in [3.63, 3.8) is 0 Å². The van der Waals surface area contributed by atoms with Crippen LogP contribution in [0.1, 0.15) is 5.69 Å². The van der Waals surface area contributed by atoms with E-state index < -0.39 is 11.9 Å². The molecule has 1 heterocycles. The van der Waals surface area contributed by atoms with Gasteiger partial charge in [0.05, 0.1) is 5.02 Å². The molecule has 1 aromatic heterocycles. The predicted molar refractivity (Wildman–Crippen MR) is 80.4 cm³/mol. The van der Waals surface area contributed by atoms with Crippen LogP contribution >= 0.6 is 11.6 Å². The van der Waals surface area contributed by atoms with E-state index in [0.29, 0.717) is 11.6 Å². The SMILES string of the molecule is N#Cc1nc(NCC(O)COc2cccc(F)c2)ccc1Cl. The van der Waals surface area contributed by atoms with Gasteiger partial charge in [0, 0.05) is 12.6 Å². The van der Waals surface area contributed by atoms with Crippen LogP contribution in [0.25, 0.3) is 0 Å². The van der Waals surface area contributed by atoms with Crippen molar-refractivity contribution in [3.8, 4) is 11.8 Å². The number of hydrogen-bond acceptors (Lipinski definition) is 5. The van der Waals surface area contributed by atoms with Gasteiger partial charge in [-0.1, -0.05) is 17.7 Å². The number of nitrogens with one attached hydrogen (secondary N) is 1. The Labute approximate surface area is 131 Å². The van der Waals surface area contributed by atoms with Crippen LogP contribution in [-0.4, -0.2) is 29.3 Å². The molecule has 1 aromatic carbocycles. The number of aliphatic hydroxyl groups excluding tert-OH is 1. The molecule has 0 saturated carbocycles. The molecule has 0 bridgehead atoms. The molecule has 0 aliphatic rings. The highest BCUT2D eigenvalue weighted by Gasteiger charge is 2.08. The maximum absolute atomic E-state index is 13.0.